The van der Waals surface area contributed by atoms with Crippen molar-refractivity contribution in [2.45, 2.75) is 6.54 Å². The summed E-state index contributed by atoms with van der Waals surface area (Å²) in [6.45, 7) is -0.613. The van der Waals surface area contributed by atoms with Crippen LogP contribution in [0.1, 0.15) is 0 Å². The Hall–Kier alpha value is -3.59. The highest BCUT2D eigenvalue weighted by Gasteiger charge is 2.12. The van der Waals surface area contributed by atoms with E-state index >= 15 is 0 Å². The molecule has 0 aliphatic rings. The third-order valence-corrected chi connectivity index (χ3v) is 4.58. The summed E-state index contributed by atoms with van der Waals surface area (Å²) in [7, 11) is 0. The first-order chi connectivity index (χ1) is 13.7. The lowest BCUT2D eigenvalue weighted by molar-refractivity contribution is -0.148. The van der Waals surface area contributed by atoms with Crippen LogP contribution in [0.5, 0.6) is 0 Å². The zero-order chi connectivity index (χ0) is 19.3. The summed E-state index contributed by atoms with van der Waals surface area (Å²) in [5.74, 6) is -0.611. The zero-order valence-corrected chi connectivity index (χ0v) is 15.4. The van der Waals surface area contributed by atoms with Crippen LogP contribution in [0.15, 0.2) is 59.3 Å². The average Bonchev–Trinajstić information content (AvgIpc) is 3.38. The molecule has 0 spiro atoms. The van der Waals surface area contributed by atoms with Gasteiger partial charge in [-0.3, -0.25) is 4.79 Å². The van der Waals surface area contributed by atoms with Gasteiger partial charge in [0.2, 0.25) is 5.82 Å². The number of aromatic nitrogens is 4. The van der Waals surface area contributed by atoms with E-state index in [-0.39, 0.29) is 6.54 Å². The summed E-state index contributed by atoms with van der Waals surface area (Å²) in [5.41, 5.74) is 1.47. The van der Waals surface area contributed by atoms with E-state index in [4.69, 9.17) is 4.74 Å². The highest BCUT2D eigenvalue weighted by molar-refractivity contribution is 7.08. The van der Waals surface area contributed by atoms with Gasteiger partial charge in [-0.2, -0.15) is 16.1 Å². The Labute approximate surface area is 163 Å². The fraction of sp³-hybridized carbons (Fsp3) is 0.105. The smallest absolute Gasteiger partial charge is 0.330 e. The lowest BCUT2D eigenvalue weighted by Gasteiger charge is -2.07. The lowest BCUT2D eigenvalue weighted by Crippen LogP contribution is -2.23. The average molecular weight is 393 g/mol. The van der Waals surface area contributed by atoms with Crippen LogP contribution in [-0.2, 0) is 20.9 Å². The van der Waals surface area contributed by atoms with E-state index in [1.165, 1.54) is 11.3 Å². The van der Waals surface area contributed by atoms with Gasteiger partial charge in [0.05, 0.1) is 0 Å². The minimum absolute atomic E-state index is 0.222. The van der Waals surface area contributed by atoms with E-state index < -0.39 is 18.5 Å². The molecule has 2 aromatic carbocycles. The van der Waals surface area contributed by atoms with Crippen molar-refractivity contribution in [3.8, 4) is 11.4 Å². The van der Waals surface area contributed by atoms with E-state index in [0.29, 0.717) is 11.5 Å². The summed E-state index contributed by atoms with van der Waals surface area (Å²) in [6, 6.07) is 15.3. The Balaban J connectivity index is 1.28. The molecule has 140 valence electrons. The number of anilines is 1. The van der Waals surface area contributed by atoms with Gasteiger partial charge in [-0.05, 0) is 39.6 Å². The van der Waals surface area contributed by atoms with E-state index in [1.54, 1.807) is 6.07 Å². The Morgan fingerprint density at radius 1 is 1.11 bits per heavy atom. The molecule has 2 heterocycles. The number of carbonyl (C=O) groups excluding carboxylic acids is 2. The van der Waals surface area contributed by atoms with Crippen molar-refractivity contribution in [2.75, 3.05) is 11.9 Å². The van der Waals surface area contributed by atoms with Crippen molar-refractivity contribution in [3.63, 3.8) is 0 Å². The fourth-order valence-corrected chi connectivity index (χ4v) is 3.22. The van der Waals surface area contributed by atoms with Crippen LogP contribution in [-0.4, -0.2) is 38.7 Å². The summed E-state index contributed by atoms with van der Waals surface area (Å²) < 4.78 is 4.99. The molecule has 1 N–H and O–H groups in total. The molecule has 0 aliphatic carbocycles. The molecule has 8 nitrogen and oxygen atoms in total. The maximum Gasteiger partial charge on any atom is 0.330 e. The molecule has 9 heteroatoms. The van der Waals surface area contributed by atoms with Gasteiger partial charge in [0.15, 0.2) is 13.2 Å². The van der Waals surface area contributed by atoms with Gasteiger partial charge in [0.1, 0.15) is 0 Å². The van der Waals surface area contributed by atoms with E-state index in [0.717, 1.165) is 21.1 Å². The highest BCUT2D eigenvalue weighted by Crippen LogP contribution is 2.19. The van der Waals surface area contributed by atoms with Crippen molar-refractivity contribution in [1.29, 1.82) is 0 Å². The predicted molar refractivity (Wildman–Crippen MR) is 105 cm³/mol. The van der Waals surface area contributed by atoms with Crippen LogP contribution in [0.4, 0.5) is 5.69 Å². The molecule has 0 unspecified atom stereocenters. The number of benzene rings is 2. The minimum Gasteiger partial charge on any atom is -0.454 e. The summed E-state index contributed by atoms with van der Waals surface area (Å²) >= 11 is 1.52. The quantitative estimate of drug-likeness (QED) is 0.506. The van der Waals surface area contributed by atoms with Gasteiger partial charge < -0.3 is 10.1 Å². The number of thiophene rings is 1. The van der Waals surface area contributed by atoms with Crippen LogP contribution < -0.4 is 5.32 Å². The van der Waals surface area contributed by atoms with E-state index in [2.05, 4.69) is 20.7 Å². The molecule has 0 atom stereocenters. The van der Waals surface area contributed by atoms with Crippen LogP contribution >= 0.6 is 11.3 Å². The van der Waals surface area contributed by atoms with E-state index in [9.17, 15) is 9.59 Å². The van der Waals surface area contributed by atoms with Gasteiger partial charge in [0.25, 0.3) is 5.91 Å². The van der Waals surface area contributed by atoms with Gasteiger partial charge >= 0.3 is 5.97 Å². The molecule has 0 saturated heterocycles. The number of esters is 1. The molecule has 0 saturated carbocycles. The molecule has 0 radical (unpaired) electrons. The number of amides is 1. The molecule has 0 aliphatic heterocycles. The number of ether oxygens (including phenoxy) is 1. The first-order valence-corrected chi connectivity index (χ1v) is 9.36. The first-order valence-electron chi connectivity index (χ1n) is 8.42. The SMILES string of the molecule is O=C(COC(=O)Cn1nnc(-c2ccsc2)n1)Nc1ccc2ccccc2c1. The lowest BCUT2D eigenvalue weighted by atomic mass is 10.1. The molecule has 1 amide bonds. The Kier molecular flexibility index (Phi) is 5.07. The van der Waals surface area contributed by atoms with E-state index in [1.807, 2.05) is 53.2 Å². The topological polar surface area (TPSA) is 99.0 Å². The third-order valence-electron chi connectivity index (χ3n) is 3.90. The van der Waals surface area contributed by atoms with Crippen molar-refractivity contribution < 1.29 is 14.3 Å². The largest absolute Gasteiger partial charge is 0.454 e. The molecule has 0 bridgehead atoms. The van der Waals surface area contributed by atoms with Crippen molar-refractivity contribution in [2.24, 2.45) is 0 Å². The summed E-state index contributed by atoms with van der Waals surface area (Å²) in [6.07, 6.45) is 0. The van der Waals surface area contributed by atoms with Crippen LogP contribution in [0, 0.1) is 0 Å². The second kappa shape index (κ2) is 7.97. The number of tetrazole rings is 1. The molecule has 4 rings (SSSR count). The number of fused-ring (bicyclic) bond motifs is 1. The van der Waals surface area contributed by atoms with Crippen LogP contribution in [0.25, 0.3) is 22.2 Å². The van der Waals surface area contributed by atoms with Crippen LogP contribution in [0.3, 0.4) is 0 Å². The normalized spacial score (nSPS) is 10.7. The van der Waals surface area contributed by atoms with Crippen molar-refractivity contribution >= 4 is 39.7 Å². The van der Waals surface area contributed by atoms with Gasteiger partial charge in [-0.25, -0.2) is 4.79 Å². The maximum absolute atomic E-state index is 12.0. The summed E-state index contributed by atoms with van der Waals surface area (Å²) in [5, 5.41) is 20.4. The summed E-state index contributed by atoms with van der Waals surface area (Å²) in [4.78, 5) is 25.1. The van der Waals surface area contributed by atoms with Gasteiger partial charge in [0, 0.05) is 16.6 Å². The molecular weight excluding hydrogens is 378 g/mol. The van der Waals surface area contributed by atoms with Gasteiger partial charge in [-0.15, -0.1) is 10.2 Å². The molecule has 28 heavy (non-hydrogen) atoms. The number of nitrogens with one attached hydrogen (secondary N) is 1. The number of carbonyl (C=O) groups is 2. The fourth-order valence-electron chi connectivity index (χ4n) is 2.59. The molecule has 4 aromatic rings. The molecular formula is C19H15N5O3S. The highest BCUT2D eigenvalue weighted by atomic mass is 32.1. The zero-order valence-electron chi connectivity index (χ0n) is 14.6. The molecule has 0 fully saturated rings. The predicted octanol–water partition coefficient (Wildman–Crippen LogP) is 2.74. The standard InChI is InChI=1S/C19H15N5O3S/c25-17(20-16-6-5-13-3-1-2-4-14(13)9-16)11-27-18(26)10-24-22-19(21-23-24)15-7-8-28-12-15/h1-9,12H,10-11H2,(H,20,25). The molecule has 2 aromatic heterocycles. The number of rotatable bonds is 6. The third kappa shape index (κ3) is 4.21. The number of hydrogen-bond acceptors (Lipinski definition) is 7. The van der Waals surface area contributed by atoms with Crippen molar-refractivity contribution in [1.82, 2.24) is 20.2 Å². The first kappa shape index (κ1) is 17.8. The second-order valence-electron chi connectivity index (χ2n) is 5.93. The minimum atomic E-state index is -0.622. The number of hydrogen-bond donors (Lipinski definition) is 1. The number of nitrogens with zero attached hydrogens (tertiary/aromatic N) is 4. The van der Waals surface area contributed by atoms with Crippen molar-refractivity contribution in [3.05, 3.63) is 59.3 Å². The van der Waals surface area contributed by atoms with Gasteiger partial charge in [-0.1, -0.05) is 30.3 Å². The Morgan fingerprint density at radius 2 is 1.96 bits per heavy atom. The Bertz CT molecular complexity index is 1120. The maximum atomic E-state index is 12.0. The Morgan fingerprint density at radius 3 is 2.79 bits per heavy atom. The second-order valence-corrected chi connectivity index (χ2v) is 6.71. The van der Waals surface area contributed by atoms with Crippen LogP contribution in [0.2, 0.25) is 0 Å². The monoisotopic (exact) mass is 393 g/mol.